The van der Waals surface area contributed by atoms with Gasteiger partial charge in [0, 0.05) is 11.5 Å². The van der Waals surface area contributed by atoms with E-state index in [0.717, 1.165) is 18.4 Å². The third-order valence-electron chi connectivity index (χ3n) is 4.27. The van der Waals surface area contributed by atoms with Gasteiger partial charge in [-0.15, -0.1) is 0 Å². The van der Waals surface area contributed by atoms with E-state index in [2.05, 4.69) is 26.0 Å². The number of hydrogen-bond acceptors (Lipinski definition) is 1. The van der Waals surface area contributed by atoms with Crippen molar-refractivity contribution in [2.45, 2.75) is 58.8 Å². The van der Waals surface area contributed by atoms with Crippen LogP contribution in [0.15, 0.2) is 18.2 Å². The highest BCUT2D eigenvalue weighted by molar-refractivity contribution is 5.98. The minimum absolute atomic E-state index is 0.271. The number of hydrogen-bond donors (Lipinski definition) is 0. The van der Waals surface area contributed by atoms with E-state index in [1.807, 2.05) is 6.07 Å². The summed E-state index contributed by atoms with van der Waals surface area (Å²) in [7, 11) is 0. The van der Waals surface area contributed by atoms with Crippen LogP contribution in [0.3, 0.4) is 0 Å². The molecule has 0 atom stereocenters. The second kappa shape index (κ2) is 6.17. The first-order valence-electron chi connectivity index (χ1n) is 7.30. The molecule has 18 heavy (non-hydrogen) atoms. The van der Waals surface area contributed by atoms with Gasteiger partial charge in [0.1, 0.15) is 0 Å². The zero-order chi connectivity index (χ0) is 13.0. The Labute approximate surface area is 111 Å². The summed E-state index contributed by atoms with van der Waals surface area (Å²) in [5.41, 5.74) is 3.42. The van der Waals surface area contributed by atoms with Gasteiger partial charge in [0.25, 0.3) is 0 Å². The Bertz CT molecular complexity index is 412. The molecule has 0 N–H and O–H groups in total. The molecule has 1 heteroatoms. The van der Waals surface area contributed by atoms with Crippen LogP contribution in [0, 0.1) is 19.8 Å². The van der Waals surface area contributed by atoms with E-state index >= 15 is 0 Å². The van der Waals surface area contributed by atoms with E-state index in [-0.39, 0.29) is 5.92 Å². The van der Waals surface area contributed by atoms with Crippen LogP contribution in [0.1, 0.15) is 66.4 Å². The summed E-state index contributed by atoms with van der Waals surface area (Å²) in [6, 6.07) is 6.14. The van der Waals surface area contributed by atoms with Crippen LogP contribution in [0.25, 0.3) is 0 Å². The summed E-state index contributed by atoms with van der Waals surface area (Å²) >= 11 is 0. The van der Waals surface area contributed by atoms with Crippen molar-refractivity contribution in [3.63, 3.8) is 0 Å². The molecule has 0 radical (unpaired) electrons. The molecule has 0 aliphatic heterocycles. The topological polar surface area (TPSA) is 17.1 Å². The first-order valence-corrected chi connectivity index (χ1v) is 7.30. The number of carbonyl (C=O) groups is 1. The molecular formula is C17H24O. The number of ketones is 1. The number of rotatable bonds is 2. The lowest BCUT2D eigenvalue weighted by Gasteiger charge is -2.18. The standard InChI is InChI=1S/C17H24O/c1-13-10-11-16(12-14(13)2)17(18)15-8-6-4-3-5-7-9-15/h10-12,15H,3-9H2,1-2H3. The van der Waals surface area contributed by atoms with Crippen LogP contribution < -0.4 is 0 Å². The van der Waals surface area contributed by atoms with Gasteiger partial charge >= 0.3 is 0 Å². The Kier molecular flexibility index (Phi) is 4.57. The second-order valence-electron chi connectivity index (χ2n) is 5.71. The normalized spacial score (nSPS) is 18.1. The summed E-state index contributed by atoms with van der Waals surface area (Å²) in [4.78, 5) is 12.5. The van der Waals surface area contributed by atoms with Gasteiger partial charge < -0.3 is 0 Å². The Morgan fingerprint density at radius 1 is 0.944 bits per heavy atom. The molecule has 1 nitrogen and oxygen atoms in total. The Morgan fingerprint density at radius 2 is 1.56 bits per heavy atom. The van der Waals surface area contributed by atoms with Crippen LogP contribution >= 0.6 is 0 Å². The van der Waals surface area contributed by atoms with Crippen molar-refractivity contribution in [1.29, 1.82) is 0 Å². The molecule has 0 amide bonds. The van der Waals surface area contributed by atoms with Crippen molar-refractivity contribution in [3.05, 3.63) is 34.9 Å². The van der Waals surface area contributed by atoms with Gasteiger partial charge in [0.05, 0.1) is 0 Å². The molecule has 1 saturated carbocycles. The van der Waals surface area contributed by atoms with Gasteiger partial charge in [-0.05, 0) is 43.9 Å². The molecule has 1 aromatic carbocycles. The van der Waals surface area contributed by atoms with Crippen molar-refractivity contribution < 1.29 is 4.79 Å². The zero-order valence-electron chi connectivity index (χ0n) is 11.7. The molecule has 0 unspecified atom stereocenters. The highest BCUT2D eigenvalue weighted by Crippen LogP contribution is 2.26. The highest BCUT2D eigenvalue weighted by atomic mass is 16.1. The van der Waals surface area contributed by atoms with Crippen LogP contribution in [-0.4, -0.2) is 5.78 Å². The molecule has 0 saturated heterocycles. The maximum atomic E-state index is 12.5. The van der Waals surface area contributed by atoms with Gasteiger partial charge in [0.15, 0.2) is 5.78 Å². The molecule has 0 aromatic heterocycles. The van der Waals surface area contributed by atoms with Crippen molar-refractivity contribution in [2.24, 2.45) is 5.92 Å². The molecule has 0 heterocycles. The quantitative estimate of drug-likeness (QED) is 0.680. The molecule has 1 aliphatic rings. The monoisotopic (exact) mass is 244 g/mol. The van der Waals surface area contributed by atoms with E-state index in [9.17, 15) is 4.79 Å². The van der Waals surface area contributed by atoms with Crippen molar-refractivity contribution in [3.8, 4) is 0 Å². The maximum absolute atomic E-state index is 12.5. The lowest BCUT2D eigenvalue weighted by atomic mass is 9.85. The largest absolute Gasteiger partial charge is 0.294 e. The average molecular weight is 244 g/mol. The first-order chi connectivity index (χ1) is 8.68. The van der Waals surface area contributed by atoms with E-state index in [1.165, 1.54) is 43.2 Å². The molecule has 1 aromatic rings. The minimum atomic E-state index is 0.271. The van der Waals surface area contributed by atoms with Gasteiger partial charge in [-0.3, -0.25) is 4.79 Å². The predicted molar refractivity (Wildman–Crippen MR) is 76.1 cm³/mol. The van der Waals surface area contributed by atoms with Gasteiger partial charge in [0.2, 0.25) is 0 Å². The predicted octanol–water partition coefficient (Wildman–Crippen LogP) is 4.85. The molecule has 1 fully saturated rings. The fraction of sp³-hybridized carbons (Fsp3) is 0.588. The lowest BCUT2D eigenvalue weighted by Crippen LogP contribution is -2.16. The fourth-order valence-corrected chi connectivity index (χ4v) is 2.85. The van der Waals surface area contributed by atoms with Crippen LogP contribution in [0.4, 0.5) is 0 Å². The summed E-state index contributed by atoms with van der Waals surface area (Å²) in [6.07, 6.45) is 8.58. The van der Waals surface area contributed by atoms with Gasteiger partial charge in [-0.1, -0.05) is 44.2 Å². The maximum Gasteiger partial charge on any atom is 0.165 e. The van der Waals surface area contributed by atoms with Crippen LogP contribution in [0.2, 0.25) is 0 Å². The molecule has 2 rings (SSSR count). The third kappa shape index (κ3) is 3.22. The number of carbonyl (C=O) groups excluding carboxylic acids is 1. The zero-order valence-corrected chi connectivity index (χ0v) is 11.7. The average Bonchev–Trinajstić information content (AvgIpc) is 2.31. The van der Waals surface area contributed by atoms with E-state index in [4.69, 9.17) is 0 Å². The Morgan fingerprint density at radius 3 is 2.17 bits per heavy atom. The summed E-state index contributed by atoms with van der Waals surface area (Å²) in [5.74, 6) is 0.646. The van der Waals surface area contributed by atoms with Crippen molar-refractivity contribution >= 4 is 5.78 Å². The molecular weight excluding hydrogens is 220 g/mol. The summed E-state index contributed by atoms with van der Waals surface area (Å²) in [5, 5.41) is 0. The van der Waals surface area contributed by atoms with Crippen LogP contribution in [0.5, 0.6) is 0 Å². The van der Waals surface area contributed by atoms with E-state index < -0.39 is 0 Å². The number of aryl methyl sites for hydroxylation is 2. The smallest absolute Gasteiger partial charge is 0.165 e. The fourth-order valence-electron chi connectivity index (χ4n) is 2.85. The van der Waals surface area contributed by atoms with E-state index in [1.54, 1.807) is 0 Å². The molecule has 98 valence electrons. The molecule has 0 bridgehead atoms. The Balaban J connectivity index is 2.10. The van der Waals surface area contributed by atoms with Crippen molar-refractivity contribution in [2.75, 3.05) is 0 Å². The highest BCUT2D eigenvalue weighted by Gasteiger charge is 2.20. The van der Waals surface area contributed by atoms with Crippen LogP contribution in [-0.2, 0) is 0 Å². The van der Waals surface area contributed by atoms with Gasteiger partial charge in [-0.2, -0.15) is 0 Å². The summed E-state index contributed by atoms with van der Waals surface area (Å²) in [6.45, 7) is 4.18. The number of benzene rings is 1. The van der Waals surface area contributed by atoms with Gasteiger partial charge in [-0.25, -0.2) is 0 Å². The van der Waals surface area contributed by atoms with Crippen molar-refractivity contribution in [1.82, 2.24) is 0 Å². The first kappa shape index (κ1) is 13.3. The minimum Gasteiger partial charge on any atom is -0.294 e. The lowest BCUT2D eigenvalue weighted by molar-refractivity contribution is 0.0898. The third-order valence-corrected chi connectivity index (χ3v) is 4.27. The number of Topliss-reactive ketones (excluding diaryl/α,β-unsaturated/α-hetero) is 1. The molecule has 0 spiro atoms. The summed E-state index contributed by atoms with van der Waals surface area (Å²) < 4.78 is 0. The second-order valence-corrected chi connectivity index (χ2v) is 5.71. The molecule has 1 aliphatic carbocycles. The van der Waals surface area contributed by atoms with E-state index in [0.29, 0.717) is 5.78 Å². The SMILES string of the molecule is Cc1ccc(C(=O)C2CCCCCCC2)cc1C. The Hall–Kier alpha value is -1.11.